The van der Waals surface area contributed by atoms with Gasteiger partial charge in [-0.25, -0.2) is 0 Å². The second-order valence-corrected chi connectivity index (χ2v) is 5.46. The maximum absolute atomic E-state index is 5.41. The van der Waals surface area contributed by atoms with Gasteiger partial charge >= 0.3 is 0 Å². The summed E-state index contributed by atoms with van der Waals surface area (Å²) < 4.78 is 0. The Morgan fingerprint density at radius 3 is 2.29 bits per heavy atom. The third-order valence-corrected chi connectivity index (χ3v) is 3.44. The zero-order chi connectivity index (χ0) is 10.1. The van der Waals surface area contributed by atoms with Gasteiger partial charge in [-0.2, -0.15) is 0 Å². The number of piperidine rings is 1. The molecule has 0 spiro atoms. The van der Waals surface area contributed by atoms with Crippen LogP contribution in [0.25, 0.3) is 0 Å². The van der Waals surface area contributed by atoms with Crippen molar-refractivity contribution in [2.75, 3.05) is 13.1 Å². The number of likely N-dealkylation sites (tertiary alicyclic amines) is 1. The summed E-state index contributed by atoms with van der Waals surface area (Å²) in [7, 11) is 0. The quantitative estimate of drug-likeness (QED) is 0.669. The van der Waals surface area contributed by atoms with Crippen molar-refractivity contribution < 1.29 is 0 Å². The predicted molar refractivity (Wildman–Crippen MR) is 63.3 cm³/mol. The lowest BCUT2D eigenvalue weighted by molar-refractivity contribution is 0.212. The van der Waals surface area contributed by atoms with E-state index in [4.69, 9.17) is 12.2 Å². The second kappa shape index (κ2) is 4.05. The van der Waals surface area contributed by atoms with Crippen molar-refractivity contribution in [1.29, 1.82) is 0 Å². The Labute approximate surface area is 92.0 Å². The molecule has 1 saturated heterocycles. The molecule has 1 N–H and O–H groups in total. The average molecular weight is 212 g/mol. The highest BCUT2D eigenvalue weighted by molar-refractivity contribution is 7.80. The Morgan fingerprint density at radius 1 is 1.21 bits per heavy atom. The maximum atomic E-state index is 5.41. The highest BCUT2D eigenvalue weighted by atomic mass is 32.1. The Kier molecular flexibility index (Phi) is 2.96. The van der Waals surface area contributed by atoms with Crippen LogP contribution in [0.15, 0.2) is 0 Å². The molecule has 1 aliphatic carbocycles. The maximum Gasteiger partial charge on any atom is 0.169 e. The molecule has 3 heteroatoms. The Balaban J connectivity index is 1.85. The molecule has 0 radical (unpaired) electrons. The average Bonchev–Trinajstić information content (AvgIpc) is 2.86. The molecule has 2 fully saturated rings. The largest absolute Gasteiger partial charge is 0.360 e. The molecule has 2 unspecified atom stereocenters. The third-order valence-electron chi connectivity index (χ3n) is 3.06. The highest BCUT2D eigenvalue weighted by Gasteiger charge is 2.27. The van der Waals surface area contributed by atoms with Crippen molar-refractivity contribution in [3.63, 3.8) is 0 Å². The third kappa shape index (κ3) is 2.59. The van der Waals surface area contributed by atoms with E-state index in [1.165, 1.54) is 19.3 Å². The van der Waals surface area contributed by atoms with Crippen LogP contribution >= 0.6 is 12.2 Å². The minimum Gasteiger partial charge on any atom is -0.360 e. The number of thiocarbonyl (C=S) groups is 1. The molecule has 1 heterocycles. The van der Waals surface area contributed by atoms with Gasteiger partial charge in [-0.3, -0.25) is 0 Å². The first-order chi connectivity index (χ1) is 6.65. The number of rotatable bonds is 1. The lowest BCUT2D eigenvalue weighted by atomic mass is 9.92. The molecule has 0 aromatic rings. The molecule has 0 bridgehead atoms. The number of nitrogens with one attached hydrogen (secondary N) is 1. The van der Waals surface area contributed by atoms with E-state index in [-0.39, 0.29) is 0 Å². The predicted octanol–water partition coefficient (Wildman–Crippen LogP) is 2.00. The van der Waals surface area contributed by atoms with Gasteiger partial charge in [-0.05, 0) is 43.3 Å². The van der Waals surface area contributed by atoms with E-state index in [0.29, 0.717) is 6.04 Å². The minimum absolute atomic E-state index is 0.690. The molecule has 0 amide bonds. The van der Waals surface area contributed by atoms with Gasteiger partial charge in [0, 0.05) is 19.1 Å². The van der Waals surface area contributed by atoms with Gasteiger partial charge in [0.05, 0.1) is 0 Å². The summed E-state index contributed by atoms with van der Waals surface area (Å²) in [6, 6.07) is 0.690. The minimum atomic E-state index is 0.690. The molecule has 2 atom stereocenters. The van der Waals surface area contributed by atoms with E-state index in [1.54, 1.807) is 0 Å². The molecule has 0 aromatic carbocycles. The van der Waals surface area contributed by atoms with Gasteiger partial charge in [0.25, 0.3) is 0 Å². The summed E-state index contributed by atoms with van der Waals surface area (Å²) in [5.41, 5.74) is 0. The van der Waals surface area contributed by atoms with Crippen LogP contribution in [-0.4, -0.2) is 29.1 Å². The molecule has 2 rings (SSSR count). The normalized spacial score (nSPS) is 32.9. The van der Waals surface area contributed by atoms with Crippen LogP contribution < -0.4 is 5.32 Å². The van der Waals surface area contributed by atoms with E-state index in [9.17, 15) is 0 Å². The molecule has 2 aliphatic rings. The highest BCUT2D eigenvalue weighted by Crippen LogP contribution is 2.23. The fourth-order valence-corrected chi connectivity index (χ4v) is 2.64. The van der Waals surface area contributed by atoms with Crippen LogP contribution in [-0.2, 0) is 0 Å². The van der Waals surface area contributed by atoms with Crippen LogP contribution in [0.2, 0.25) is 0 Å². The van der Waals surface area contributed by atoms with Gasteiger partial charge < -0.3 is 10.2 Å². The lowest BCUT2D eigenvalue weighted by Crippen LogP contribution is -2.47. The van der Waals surface area contributed by atoms with Crippen molar-refractivity contribution in [3.05, 3.63) is 0 Å². The monoisotopic (exact) mass is 212 g/mol. The number of hydrogen-bond donors (Lipinski definition) is 1. The van der Waals surface area contributed by atoms with Gasteiger partial charge in [0.2, 0.25) is 0 Å². The first-order valence-electron chi connectivity index (χ1n) is 5.70. The van der Waals surface area contributed by atoms with E-state index in [0.717, 1.165) is 30.0 Å². The zero-order valence-corrected chi connectivity index (χ0v) is 9.94. The second-order valence-electron chi connectivity index (χ2n) is 5.07. The van der Waals surface area contributed by atoms with Crippen LogP contribution in [0.4, 0.5) is 0 Å². The van der Waals surface area contributed by atoms with E-state index in [1.807, 2.05) is 0 Å². The Morgan fingerprint density at radius 2 is 1.79 bits per heavy atom. The fourth-order valence-electron chi connectivity index (χ4n) is 2.32. The van der Waals surface area contributed by atoms with Gasteiger partial charge in [0.15, 0.2) is 5.11 Å². The molecular formula is C11H20N2S. The SMILES string of the molecule is CC1CC(C)CN(C(=S)NC2CC2)C1. The summed E-state index contributed by atoms with van der Waals surface area (Å²) in [6.45, 7) is 6.93. The van der Waals surface area contributed by atoms with Crippen LogP contribution in [0.3, 0.4) is 0 Å². The Hall–Kier alpha value is -0.310. The summed E-state index contributed by atoms with van der Waals surface area (Å²) in [5.74, 6) is 1.58. The summed E-state index contributed by atoms with van der Waals surface area (Å²) in [5, 5.41) is 4.41. The van der Waals surface area contributed by atoms with Crippen LogP contribution in [0.1, 0.15) is 33.1 Å². The van der Waals surface area contributed by atoms with Crippen LogP contribution in [0, 0.1) is 11.8 Å². The first kappa shape index (κ1) is 10.2. The standard InChI is InChI=1S/C11H20N2S/c1-8-5-9(2)7-13(6-8)11(14)12-10-3-4-10/h8-10H,3-7H2,1-2H3,(H,12,14). The molecule has 2 nitrogen and oxygen atoms in total. The van der Waals surface area contributed by atoms with Crippen molar-refractivity contribution in [3.8, 4) is 0 Å². The van der Waals surface area contributed by atoms with Crippen LogP contribution in [0.5, 0.6) is 0 Å². The van der Waals surface area contributed by atoms with Crippen molar-refractivity contribution in [1.82, 2.24) is 10.2 Å². The molecular weight excluding hydrogens is 192 g/mol. The van der Waals surface area contributed by atoms with Gasteiger partial charge in [-0.1, -0.05) is 13.8 Å². The van der Waals surface area contributed by atoms with Crippen molar-refractivity contribution in [2.24, 2.45) is 11.8 Å². The fraction of sp³-hybridized carbons (Fsp3) is 0.909. The zero-order valence-electron chi connectivity index (χ0n) is 9.12. The molecule has 1 aliphatic heterocycles. The van der Waals surface area contributed by atoms with Crippen molar-refractivity contribution >= 4 is 17.3 Å². The summed E-state index contributed by atoms with van der Waals surface area (Å²) in [4.78, 5) is 2.35. The number of hydrogen-bond acceptors (Lipinski definition) is 1. The summed E-state index contributed by atoms with van der Waals surface area (Å²) in [6.07, 6.45) is 3.96. The van der Waals surface area contributed by atoms with E-state index < -0.39 is 0 Å². The molecule has 0 aromatic heterocycles. The number of nitrogens with zero attached hydrogens (tertiary/aromatic N) is 1. The Bertz CT molecular complexity index is 215. The smallest absolute Gasteiger partial charge is 0.169 e. The molecule has 1 saturated carbocycles. The summed E-state index contributed by atoms with van der Waals surface area (Å²) >= 11 is 5.41. The van der Waals surface area contributed by atoms with Gasteiger partial charge in [-0.15, -0.1) is 0 Å². The van der Waals surface area contributed by atoms with E-state index in [2.05, 4.69) is 24.1 Å². The first-order valence-corrected chi connectivity index (χ1v) is 6.11. The molecule has 14 heavy (non-hydrogen) atoms. The topological polar surface area (TPSA) is 15.3 Å². The van der Waals surface area contributed by atoms with E-state index >= 15 is 0 Å². The molecule has 80 valence electrons. The lowest BCUT2D eigenvalue weighted by Gasteiger charge is -2.36. The van der Waals surface area contributed by atoms with Gasteiger partial charge in [0.1, 0.15) is 0 Å². The van der Waals surface area contributed by atoms with Crippen molar-refractivity contribution in [2.45, 2.75) is 39.2 Å².